The predicted molar refractivity (Wildman–Crippen MR) is 136 cm³/mol. The molecule has 9 heteroatoms. The number of amides is 3. The van der Waals surface area contributed by atoms with Crippen LogP contribution in [0.1, 0.15) is 40.9 Å². The number of nitrogens with zero attached hydrogens (tertiary/aromatic N) is 1. The standard InChI is InChI=1S/C27H28N4O5/c1-2-35-24-15-19(13-14-23(24)36-18-25(28)32)17-29-31-26(33)16-22(20-9-5-3-6-10-20)30-27(34)21-11-7-4-8-12-21/h3-15,17,22H,2,16,18H2,1H3,(H2,28,32)(H,30,34)(H,31,33)/b29-17-/t22-/m1/s1. The van der Waals surface area contributed by atoms with Crippen molar-refractivity contribution in [2.75, 3.05) is 13.2 Å². The van der Waals surface area contributed by atoms with Gasteiger partial charge in [-0.25, -0.2) is 5.43 Å². The molecule has 186 valence electrons. The molecule has 0 unspecified atom stereocenters. The minimum atomic E-state index is -0.598. The van der Waals surface area contributed by atoms with Crippen LogP contribution in [0.15, 0.2) is 84.0 Å². The first-order valence-electron chi connectivity index (χ1n) is 11.4. The number of hydrazone groups is 1. The molecule has 4 N–H and O–H groups in total. The number of ether oxygens (including phenoxy) is 2. The van der Waals surface area contributed by atoms with Crippen LogP contribution in [0.5, 0.6) is 11.5 Å². The van der Waals surface area contributed by atoms with Crippen molar-refractivity contribution >= 4 is 23.9 Å². The molecule has 36 heavy (non-hydrogen) atoms. The maximum absolute atomic E-state index is 12.7. The molecule has 0 spiro atoms. The highest BCUT2D eigenvalue weighted by molar-refractivity contribution is 5.94. The molecule has 0 aliphatic heterocycles. The number of nitrogens with one attached hydrogen (secondary N) is 2. The summed E-state index contributed by atoms with van der Waals surface area (Å²) in [6.07, 6.45) is 1.45. The van der Waals surface area contributed by atoms with Crippen LogP contribution in [0.3, 0.4) is 0 Å². The number of hydrogen-bond donors (Lipinski definition) is 3. The van der Waals surface area contributed by atoms with Gasteiger partial charge in [0.05, 0.1) is 25.3 Å². The Kier molecular flexibility index (Phi) is 9.58. The summed E-state index contributed by atoms with van der Waals surface area (Å²) in [4.78, 5) is 36.3. The number of hydrogen-bond acceptors (Lipinski definition) is 6. The molecule has 3 aromatic carbocycles. The van der Waals surface area contributed by atoms with Gasteiger partial charge in [-0.3, -0.25) is 14.4 Å². The molecule has 3 amide bonds. The Bertz CT molecular complexity index is 1200. The minimum absolute atomic E-state index is 0.00990. The molecule has 0 heterocycles. The Morgan fingerprint density at radius 2 is 1.64 bits per heavy atom. The van der Waals surface area contributed by atoms with Crippen LogP contribution >= 0.6 is 0 Å². The highest BCUT2D eigenvalue weighted by Gasteiger charge is 2.19. The Balaban J connectivity index is 1.65. The van der Waals surface area contributed by atoms with Crippen molar-refractivity contribution in [2.45, 2.75) is 19.4 Å². The van der Waals surface area contributed by atoms with Gasteiger partial charge in [0.15, 0.2) is 18.1 Å². The lowest BCUT2D eigenvalue weighted by Crippen LogP contribution is -2.32. The summed E-state index contributed by atoms with van der Waals surface area (Å²) < 4.78 is 10.9. The van der Waals surface area contributed by atoms with E-state index in [4.69, 9.17) is 15.2 Å². The molecule has 0 aliphatic carbocycles. The number of carbonyl (C=O) groups excluding carboxylic acids is 3. The molecule has 0 fully saturated rings. The van der Waals surface area contributed by atoms with Gasteiger partial charge in [-0.15, -0.1) is 0 Å². The smallest absolute Gasteiger partial charge is 0.255 e. The second kappa shape index (κ2) is 13.3. The summed E-state index contributed by atoms with van der Waals surface area (Å²) in [5.41, 5.74) is 9.57. The van der Waals surface area contributed by atoms with E-state index in [2.05, 4.69) is 15.8 Å². The third-order valence-corrected chi connectivity index (χ3v) is 4.97. The topological polar surface area (TPSA) is 132 Å². The van der Waals surface area contributed by atoms with E-state index in [1.807, 2.05) is 43.3 Å². The van der Waals surface area contributed by atoms with Crippen molar-refractivity contribution < 1.29 is 23.9 Å². The highest BCUT2D eigenvalue weighted by atomic mass is 16.5. The molecule has 9 nitrogen and oxygen atoms in total. The van der Waals surface area contributed by atoms with Crippen molar-refractivity contribution in [3.63, 3.8) is 0 Å². The normalized spacial score (nSPS) is 11.5. The van der Waals surface area contributed by atoms with Crippen LogP contribution in [0.25, 0.3) is 0 Å². The van der Waals surface area contributed by atoms with E-state index in [0.717, 1.165) is 5.56 Å². The molecule has 0 saturated carbocycles. The zero-order chi connectivity index (χ0) is 25.8. The van der Waals surface area contributed by atoms with E-state index in [-0.39, 0.29) is 24.8 Å². The molecule has 1 atom stereocenters. The van der Waals surface area contributed by atoms with Crippen LogP contribution in [0.2, 0.25) is 0 Å². The van der Waals surface area contributed by atoms with Gasteiger partial charge in [0.2, 0.25) is 5.91 Å². The molecule has 0 saturated heterocycles. The fraction of sp³-hybridized carbons (Fsp3) is 0.185. The van der Waals surface area contributed by atoms with Gasteiger partial charge in [0.25, 0.3) is 11.8 Å². The number of benzene rings is 3. The predicted octanol–water partition coefficient (Wildman–Crippen LogP) is 2.96. The quantitative estimate of drug-likeness (QED) is 0.266. The molecule has 3 aromatic rings. The van der Waals surface area contributed by atoms with Crippen LogP contribution in [0.4, 0.5) is 0 Å². The fourth-order valence-corrected chi connectivity index (χ4v) is 3.32. The van der Waals surface area contributed by atoms with Gasteiger partial charge in [-0.1, -0.05) is 48.5 Å². The summed E-state index contributed by atoms with van der Waals surface area (Å²) in [5, 5.41) is 6.94. The van der Waals surface area contributed by atoms with E-state index in [0.29, 0.717) is 29.2 Å². The minimum Gasteiger partial charge on any atom is -0.490 e. The van der Waals surface area contributed by atoms with Crippen LogP contribution < -0.4 is 25.9 Å². The Morgan fingerprint density at radius 1 is 0.944 bits per heavy atom. The summed E-state index contributed by atoms with van der Waals surface area (Å²) in [6, 6.07) is 22.5. The number of primary amides is 1. The van der Waals surface area contributed by atoms with Gasteiger partial charge in [0, 0.05) is 5.56 Å². The SMILES string of the molecule is CCOc1cc(/C=N\NC(=O)C[C@@H](NC(=O)c2ccccc2)c2ccccc2)ccc1OCC(N)=O. The van der Waals surface area contributed by atoms with Crippen LogP contribution in [-0.2, 0) is 9.59 Å². The average molecular weight is 489 g/mol. The molecule has 3 rings (SSSR count). The van der Waals surface area contributed by atoms with Gasteiger partial charge in [-0.2, -0.15) is 5.10 Å². The van der Waals surface area contributed by atoms with Gasteiger partial charge in [-0.05, 0) is 48.4 Å². The summed E-state index contributed by atoms with van der Waals surface area (Å²) >= 11 is 0. The average Bonchev–Trinajstić information content (AvgIpc) is 2.89. The van der Waals surface area contributed by atoms with E-state index >= 15 is 0 Å². The van der Waals surface area contributed by atoms with Gasteiger partial charge >= 0.3 is 0 Å². The molecule has 0 aromatic heterocycles. The van der Waals surface area contributed by atoms with E-state index in [9.17, 15) is 14.4 Å². The zero-order valence-electron chi connectivity index (χ0n) is 19.8. The molecule has 0 bridgehead atoms. The van der Waals surface area contributed by atoms with Crippen molar-refractivity contribution in [3.8, 4) is 11.5 Å². The first-order valence-corrected chi connectivity index (χ1v) is 11.4. The van der Waals surface area contributed by atoms with E-state index in [1.165, 1.54) is 6.21 Å². The van der Waals surface area contributed by atoms with Crippen LogP contribution in [-0.4, -0.2) is 37.1 Å². The van der Waals surface area contributed by atoms with Crippen molar-refractivity contribution in [1.29, 1.82) is 0 Å². The Morgan fingerprint density at radius 3 is 2.31 bits per heavy atom. The first kappa shape index (κ1) is 26.0. The van der Waals surface area contributed by atoms with Gasteiger partial charge < -0.3 is 20.5 Å². The molecule has 0 radical (unpaired) electrons. The molecule has 0 aliphatic rings. The lowest BCUT2D eigenvalue weighted by atomic mass is 10.0. The second-order valence-electron chi connectivity index (χ2n) is 7.69. The highest BCUT2D eigenvalue weighted by Crippen LogP contribution is 2.28. The van der Waals surface area contributed by atoms with Crippen molar-refractivity contribution in [2.24, 2.45) is 10.8 Å². The van der Waals surface area contributed by atoms with E-state index < -0.39 is 11.9 Å². The van der Waals surface area contributed by atoms with Crippen molar-refractivity contribution in [1.82, 2.24) is 10.7 Å². The van der Waals surface area contributed by atoms with E-state index in [1.54, 1.807) is 42.5 Å². The fourth-order valence-electron chi connectivity index (χ4n) is 3.32. The number of rotatable bonds is 12. The molecular formula is C27H28N4O5. The monoisotopic (exact) mass is 488 g/mol. The maximum Gasteiger partial charge on any atom is 0.255 e. The third kappa shape index (κ3) is 7.98. The van der Waals surface area contributed by atoms with Gasteiger partial charge in [0.1, 0.15) is 0 Å². The Labute approximate surface area is 209 Å². The number of nitrogens with two attached hydrogens (primary N) is 1. The summed E-state index contributed by atoms with van der Waals surface area (Å²) in [7, 11) is 0. The third-order valence-electron chi connectivity index (χ3n) is 4.97. The lowest BCUT2D eigenvalue weighted by Gasteiger charge is -2.18. The second-order valence-corrected chi connectivity index (χ2v) is 7.69. The summed E-state index contributed by atoms with van der Waals surface area (Å²) in [6.45, 7) is 1.94. The molecular weight excluding hydrogens is 460 g/mol. The first-order chi connectivity index (χ1) is 17.5. The maximum atomic E-state index is 12.7. The summed E-state index contributed by atoms with van der Waals surface area (Å²) in [5.74, 6) is -0.458. The van der Waals surface area contributed by atoms with Crippen LogP contribution in [0, 0.1) is 0 Å². The lowest BCUT2D eigenvalue weighted by molar-refractivity contribution is -0.121. The Hall–Kier alpha value is -4.66. The number of carbonyl (C=O) groups is 3. The largest absolute Gasteiger partial charge is 0.490 e. The zero-order valence-corrected chi connectivity index (χ0v) is 19.8. The van der Waals surface area contributed by atoms with Crippen molar-refractivity contribution in [3.05, 3.63) is 95.6 Å².